The number of ether oxygens (including phenoxy) is 1. The summed E-state index contributed by atoms with van der Waals surface area (Å²) in [6.45, 7) is -0.161. The first-order valence-electron chi connectivity index (χ1n) is 5.50. The van der Waals surface area contributed by atoms with Crippen LogP contribution < -0.4 is 0 Å². The van der Waals surface area contributed by atoms with Gasteiger partial charge in [-0.3, -0.25) is 4.79 Å². The summed E-state index contributed by atoms with van der Waals surface area (Å²) < 4.78 is 32.6. The van der Waals surface area contributed by atoms with Crippen molar-refractivity contribution in [3.8, 4) is 0 Å². The molecule has 1 aromatic carbocycles. The second kappa shape index (κ2) is 6.42. The van der Waals surface area contributed by atoms with Gasteiger partial charge in [-0.05, 0) is 22.6 Å². The van der Waals surface area contributed by atoms with Crippen LogP contribution in [-0.2, 0) is 21.8 Å². The van der Waals surface area contributed by atoms with E-state index in [4.69, 9.17) is 0 Å². The van der Waals surface area contributed by atoms with Gasteiger partial charge in [-0.15, -0.1) is 5.10 Å². The number of aromatic nitrogens is 4. The molecule has 2 rings (SSSR count). The molecule has 0 unspecified atom stereocenters. The van der Waals surface area contributed by atoms with Crippen LogP contribution in [0.3, 0.4) is 0 Å². The van der Waals surface area contributed by atoms with Gasteiger partial charge in [-0.2, -0.15) is 0 Å². The van der Waals surface area contributed by atoms with Gasteiger partial charge >= 0.3 is 5.97 Å². The molecule has 1 aromatic heterocycles. The van der Waals surface area contributed by atoms with Gasteiger partial charge in [-0.1, -0.05) is 17.8 Å². The first-order chi connectivity index (χ1) is 9.61. The molecule has 0 bridgehead atoms. The maximum Gasteiger partial charge on any atom is 0.327 e. The minimum atomic E-state index is -0.635. The summed E-state index contributed by atoms with van der Waals surface area (Å²) in [5.74, 6) is -1.77. The van der Waals surface area contributed by atoms with E-state index in [-0.39, 0.29) is 23.0 Å². The number of rotatable bonds is 5. The zero-order chi connectivity index (χ0) is 14.5. The topological polar surface area (TPSA) is 69.9 Å². The van der Waals surface area contributed by atoms with E-state index in [9.17, 15) is 13.6 Å². The van der Waals surface area contributed by atoms with Crippen LogP contribution in [0.1, 0.15) is 5.56 Å². The number of benzene rings is 1. The van der Waals surface area contributed by atoms with Gasteiger partial charge in [0.05, 0.1) is 7.11 Å². The van der Waals surface area contributed by atoms with E-state index in [1.54, 1.807) is 0 Å². The largest absolute Gasteiger partial charge is 0.468 e. The molecule has 2 aromatic rings. The minimum Gasteiger partial charge on any atom is -0.468 e. The quantitative estimate of drug-likeness (QED) is 0.614. The lowest BCUT2D eigenvalue weighted by Gasteiger charge is -2.05. The van der Waals surface area contributed by atoms with Crippen LogP contribution in [0, 0.1) is 11.6 Å². The van der Waals surface area contributed by atoms with Gasteiger partial charge in [0.2, 0.25) is 5.16 Å². The Morgan fingerprint density at radius 1 is 1.40 bits per heavy atom. The number of esters is 1. The molecule has 9 heteroatoms. The Morgan fingerprint density at radius 2 is 2.10 bits per heavy atom. The van der Waals surface area contributed by atoms with Crippen molar-refractivity contribution in [2.75, 3.05) is 7.11 Å². The molecule has 0 amide bonds. The fourth-order valence-corrected chi connectivity index (χ4v) is 2.29. The third kappa shape index (κ3) is 3.29. The molecule has 0 fully saturated rings. The summed E-state index contributed by atoms with van der Waals surface area (Å²) in [6.07, 6.45) is 0. The molecule has 0 aliphatic heterocycles. The zero-order valence-electron chi connectivity index (χ0n) is 10.4. The zero-order valence-corrected chi connectivity index (χ0v) is 11.2. The lowest BCUT2D eigenvalue weighted by molar-refractivity contribution is -0.141. The third-order valence-electron chi connectivity index (χ3n) is 2.41. The van der Waals surface area contributed by atoms with Crippen molar-refractivity contribution in [2.45, 2.75) is 17.5 Å². The highest BCUT2D eigenvalue weighted by Crippen LogP contribution is 2.23. The molecule has 6 nitrogen and oxygen atoms in total. The van der Waals surface area contributed by atoms with Crippen LogP contribution in [0.15, 0.2) is 23.4 Å². The summed E-state index contributed by atoms with van der Waals surface area (Å²) in [5.41, 5.74) is -0.0647. The van der Waals surface area contributed by atoms with E-state index in [1.807, 2.05) is 0 Å². The van der Waals surface area contributed by atoms with E-state index in [0.29, 0.717) is 0 Å². The average molecular weight is 300 g/mol. The highest BCUT2D eigenvalue weighted by molar-refractivity contribution is 7.98. The predicted octanol–water partition coefficient (Wildman–Crippen LogP) is 1.42. The van der Waals surface area contributed by atoms with Gasteiger partial charge in [0.25, 0.3) is 0 Å². The number of hydrogen-bond acceptors (Lipinski definition) is 6. The fourth-order valence-electron chi connectivity index (χ4n) is 1.39. The first-order valence-corrected chi connectivity index (χ1v) is 6.49. The van der Waals surface area contributed by atoms with Crippen LogP contribution in [0.4, 0.5) is 8.78 Å². The number of carbonyl (C=O) groups excluding carboxylic acids is 1. The van der Waals surface area contributed by atoms with E-state index in [2.05, 4.69) is 20.3 Å². The lowest BCUT2D eigenvalue weighted by atomic mass is 10.2. The van der Waals surface area contributed by atoms with Crippen LogP contribution in [0.5, 0.6) is 0 Å². The normalized spacial score (nSPS) is 10.6. The standard InChI is InChI=1S/C11H10F2N4O2S/c1-19-10(18)5-17-11(14-15-16-17)20-6-7-8(12)3-2-4-9(7)13/h2-4H,5-6H2,1H3. The molecule has 0 N–H and O–H groups in total. The Bertz CT molecular complexity index is 600. The summed E-state index contributed by atoms with van der Waals surface area (Å²) >= 11 is 1.03. The molecule has 106 valence electrons. The van der Waals surface area contributed by atoms with Crippen LogP contribution in [0.2, 0.25) is 0 Å². The Kier molecular flexibility index (Phi) is 4.61. The second-order valence-electron chi connectivity index (χ2n) is 3.68. The van der Waals surface area contributed by atoms with E-state index in [0.717, 1.165) is 11.8 Å². The number of halogens is 2. The van der Waals surface area contributed by atoms with Gasteiger partial charge in [0.15, 0.2) is 0 Å². The molecule has 0 spiro atoms. The third-order valence-corrected chi connectivity index (χ3v) is 3.40. The summed E-state index contributed by atoms with van der Waals surface area (Å²) in [4.78, 5) is 11.1. The molecule has 0 aliphatic rings. The molecule has 0 aliphatic carbocycles. The van der Waals surface area contributed by atoms with Crippen LogP contribution >= 0.6 is 11.8 Å². The average Bonchev–Trinajstić information content (AvgIpc) is 2.85. The molecule has 0 atom stereocenters. The number of thioether (sulfide) groups is 1. The fraction of sp³-hybridized carbons (Fsp3) is 0.273. The number of methoxy groups -OCH3 is 1. The highest BCUT2D eigenvalue weighted by Gasteiger charge is 2.14. The van der Waals surface area contributed by atoms with Crippen molar-refractivity contribution in [3.63, 3.8) is 0 Å². The summed E-state index contributed by atoms with van der Waals surface area (Å²) in [6, 6.07) is 3.65. The molecule has 1 heterocycles. The van der Waals surface area contributed by atoms with Gasteiger partial charge in [-0.25, -0.2) is 13.5 Å². The SMILES string of the molecule is COC(=O)Cn1nnnc1SCc1c(F)cccc1F. The smallest absolute Gasteiger partial charge is 0.327 e. The van der Waals surface area contributed by atoms with E-state index >= 15 is 0 Å². The summed E-state index contributed by atoms with van der Waals surface area (Å²) in [7, 11) is 1.24. The van der Waals surface area contributed by atoms with Crippen molar-refractivity contribution >= 4 is 17.7 Å². The Balaban J connectivity index is 2.08. The van der Waals surface area contributed by atoms with E-state index in [1.165, 1.54) is 30.0 Å². The van der Waals surface area contributed by atoms with Crippen molar-refractivity contribution in [1.29, 1.82) is 0 Å². The van der Waals surface area contributed by atoms with E-state index < -0.39 is 17.6 Å². The molecule has 0 saturated carbocycles. The molecule has 20 heavy (non-hydrogen) atoms. The monoisotopic (exact) mass is 300 g/mol. The molecule has 0 radical (unpaired) electrons. The summed E-state index contributed by atoms with van der Waals surface area (Å²) in [5, 5.41) is 11.0. The van der Waals surface area contributed by atoms with Crippen molar-refractivity contribution in [3.05, 3.63) is 35.4 Å². The molecular formula is C11H10F2N4O2S. The van der Waals surface area contributed by atoms with Gasteiger partial charge in [0, 0.05) is 11.3 Å². The Morgan fingerprint density at radius 3 is 2.75 bits per heavy atom. The van der Waals surface area contributed by atoms with Crippen molar-refractivity contribution < 1.29 is 18.3 Å². The maximum atomic E-state index is 13.5. The van der Waals surface area contributed by atoms with Crippen LogP contribution in [0.25, 0.3) is 0 Å². The number of nitrogens with zero attached hydrogens (tertiary/aromatic N) is 4. The van der Waals surface area contributed by atoms with Crippen molar-refractivity contribution in [2.24, 2.45) is 0 Å². The van der Waals surface area contributed by atoms with Crippen molar-refractivity contribution in [1.82, 2.24) is 20.2 Å². The Hall–Kier alpha value is -2.03. The second-order valence-corrected chi connectivity index (χ2v) is 4.63. The van der Waals surface area contributed by atoms with Crippen LogP contribution in [-0.4, -0.2) is 33.3 Å². The predicted molar refractivity (Wildman–Crippen MR) is 65.8 cm³/mol. The number of tetrazole rings is 1. The van der Waals surface area contributed by atoms with Gasteiger partial charge < -0.3 is 4.74 Å². The molecular weight excluding hydrogens is 290 g/mol. The molecule has 0 saturated heterocycles. The number of carbonyl (C=O) groups is 1. The highest BCUT2D eigenvalue weighted by atomic mass is 32.2. The Labute approximate surface area is 117 Å². The first kappa shape index (κ1) is 14.4. The maximum absolute atomic E-state index is 13.5. The minimum absolute atomic E-state index is 0.0139. The van der Waals surface area contributed by atoms with Gasteiger partial charge in [0.1, 0.15) is 18.2 Å². The number of hydrogen-bond donors (Lipinski definition) is 0. The lowest BCUT2D eigenvalue weighted by Crippen LogP contribution is -2.13.